The van der Waals surface area contributed by atoms with Crippen LogP contribution in [-0.4, -0.2) is 31.1 Å². The van der Waals surface area contributed by atoms with Crippen molar-refractivity contribution in [3.05, 3.63) is 35.4 Å². The van der Waals surface area contributed by atoms with E-state index < -0.39 is 0 Å². The van der Waals surface area contributed by atoms with Gasteiger partial charge in [0.15, 0.2) is 0 Å². The Hall–Kier alpha value is -0.860. The van der Waals surface area contributed by atoms with Crippen LogP contribution in [0.1, 0.15) is 25.0 Å². The third-order valence-corrected chi connectivity index (χ3v) is 2.84. The third-order valence-electron chi connectivity index (χ3n) is 2.84. The number of nitrogens with zero attached hydrogens (tertiary/aromatic N) is 1. The summed E-state index contributed by atoms with van der Waals surface area (Å²) in [4.78, 5) is 2.37. The topological polar surface area (TPSA) is 12.5 Å². The lowest BCUT2D eigenvalue weighted by Gasteiger charge is -2.17. The molecule has 0 amide bonds. The molecule has 0 atom stereocenters. The van der Waals surface area contributed by atoms with E-state index in [0.29, 0.717) is 0 Å². The van der Waals surface area contributed by atoms with Crippen molar-refractivity contribution in [1.82, 2.24) is 4.90 Å². The number of rotatable bonds is 7. The summed E-state index contributed by atoms with van der Waals surface area (Å²) in [6, 6.07) is 8.52. The van der Waals surface area contributed by atoms with E-state index >= 15 is 0 Å². The van der Waals surface area contributed by atoms with E-state index in [0.717, 1.165) is 32.8 Å². The Morgan fingerprint density at radius 1 is 1.06 bits per heavy atom. The predicted molar refractivity (Wildman–Crippen MR) is 68.6 cm³/mol. The van der Waals surface area contributed by atoms with E-state index in [-0.39, 0.29) is 0 Å². The minimum Gasteiger partial charge on any atom is -0.375 e. The summed E-state index contributed by atoms with van der Waals surface area (Å²) in [5, 5.41) is 0. The van der Waals surface area contributed by atoms with Crippen LogP contribution in [0.2, 0.25) is 0 Å². The molecule has 0 aliphatic heterocycles. The molecule has 2 nitrogen and oxygen atoms in total. The molecule has 0 aliphatic carbocycles. The molecule has 0 spiro atoms. The molecule has 1 aromatic carbocycles. The first-order chi connectivity index (χ1) is 7.76. The van der Waals surface area contributed by atoms with Gasteiger partial charge in [-0.3, -0.25) is 0 Å². The van der Waals surface area contributed by atoms with E-state index in [9.17, 15) is 0 Å². The number of benzene rings is 1. The van der Waals surface area contributed by atoms with Crippen molar-refractivity contribution in [2.75, 3.05) is 26.2 Å². The second-order valence-corrected chi connectivity index (χ2v) is 4.07. The zero-order valence-corrected chi connectivity index (χ0v) is 10.7. The van der Waals surface area contributed by atoms with Crippen LogP contribution >= 0.6 is 0 Å². The first-order valence-corrected chi connectivity index (χ1v) is 6.12. The van der Waals surface area contributed by atoms with E-state index in [1.54, 1.807) is 0 Å². The Labute approximate surface area is 99.2 Å². The largest absolute Gasteiger partial charge is 0.375 e. The maximum atomic E-state index is 5.65. The summed E-state index contributed by atoms with van der Waals surface area (Å²) in [6.07, 6.45) is 0. The van der Waals surface area contributed by atoms with Crippen LogP contribution in [0.4, 0.5) is 0 Å². The van der Waals surface area contributed by atoms with Crippen molar-refractivity contribution in [3.63, 3.8) is 0 Å². The molecule has 0 heterocycles. The molecule has 0 bridgehead atoms. The Bertz CT molecular complexity index is 277. The highest BCUT2D eigenvalue weighted by Gasteiger charge is 1.98. The third kappa shape index (κ3) is 4.77. The van der Waals surface area contributed by atoms with Crippen molar-refractivity contribution in [2.24, 2.45) is 0 Å². The summed E-state index contributed by atoms with van der Waals surface area (Å²) in [5.41, 5.74) is 2.55. The smallest absolute Gasteiger partial charge is 0.0717 e. The number of aryl methyl sites for hydroxylation is 1. The number of hydrogen-bond acceptors (Lipinski definition) is 2. The van der Waals surface area contributed by atoms with Gasteiger partial charge in [0.1, 0.15) is 0 Å². The van der Waals surface area contributed by atoms with E-state index in [2.05, 4.69) is 49.9 Å². The summed E-state index contributed by atoms with van der Waals surface area (Å²) in [6.45, 7) is 11.2. The zero-order chi connectivity index (χ0) is 11.8. The normalized spacial score (nSPS) is 11.0. The lowest BCUT2D eigenvalue weighted by molar-refractivity contribution is 0.0956. The number of likely N-dealkylation sites (N-methyl/N-ethyl adjacent to an activating group) is 1. The average molecular weight is 221 g/mol. The molecule has 1 rings (SSSR count). The second kappa shape index (κ2) is 7.42. The van der Waals surface area contributed by atoms with Crippen molar-refractivity contribution in [2.45, 2.75) is 27.4 Å². The molecule has 0 unspecified atom stereocenters. The van der Waals surface area contributed by atoms with Crippen LogP contribution in [0.5, 0.6) is 0 Å². The summed E-state index contributed by atoms with van der Waals surface area (Å²) in [7, 11) is 0. The number of hydrogen-bond donors (Lipinski definition) is 0. The zero-order valence-electron chi connectivity index (χ0n) is 10.7. The molecule has 90 valence electrons. The van der Waals surface area contributed by atoms with Gasteiger partial charge in [-0.1, -0.05) is 43.7 Å². The van der Waals surface area contributed by atoms with Gasteiger partial charge in [-0.15, -0.1) is 0 Å². The highest BCUT2D eigenvalue weighted by Crippen LogP contribution is 2.04. The van der Waals surface area contributed by atoms with Gasteiger partial charge in [-0.25, -0.2) is 0 Å². The van der Waals surface area contributed by atoms with Gasteiger partial charge in [-0.05, 0) is 25.6 Å². The van der Waals surface area contributed by atoms with Gasteiger partial charge < -0.3 is 9.64 Å². The number of ether oxygens (including phenoxy) is 1. The molecule has 0 saturated heterocycles. The lowest BCUT2D eigenvalue weighted by atomic mass is 10.2. The van der Waals surface area contributed by atoms with Crippen molar-refractivity contribution >= 4 is 0 Å². The van der Waals surface area contributed by atoms with Crippen LogP contribution in [-0.2, 0) is 11.3 Å². The fraction of sp³-hybridized carbons (Fsp3) is 0.571. The SMILES string of the molecule is CCN(CC)CCOCc1ccc(C)cc1. The van der Waals surface area contributed by atoms with E-state index in [1.807, 2.05) is 0 Å². The monoisotopic (exact) mass is 221 g/mol. The van der Waals surface area contributed by atoms with Crippen LogP contribution in [0.25, 0.3) is 0 Å². The minimum atomic E-state index is 0.724. The van der Waals surface area contributed by atoms with Crippen molar-refractivity contribution in [3.8, 4) is 0 Å². The quantitative estimate of drug-likeness (QED) is 0.656. The molecule has 16 heavy (non-hydrogen) atoms. The molecule has 2 heteroatoms. The second-order valence-electron chi connectivity index (χ2n) is 4.07. The molecule has 0 saturated carbocycles. The van der Waals surface area contributed by atoms with Crippen LogP contribution in [0, 0.1) is 6.92 Å². The van der Waals surface area contributed by atoms with Crippen LogP contribution in [0.3, 0.4) is 0 Å². The average Bonchev–Trinajstić information content (AvgIpc) is 2.32. The van der Waals surface area contributed by atoms with Gasteiger partial charge in [0, 0.05) is 6.54 Å². The summed E-state index contributed by atoms with van der Waals surface area (Å²) >= 11 is 0. The molecule has 0 aliphatic rings. The van der Waals surface area contributed by atoms with Crippen molar-refractivity contribution in [1.29, 1.82) is 0 Å². The minimum absolute atomic E-state index is 0.724. The molecule has 0 radical (unpaired) electrons. The van der Waals surface area contributed by atoms with E-state index in [1.165, 1.54) is 11.1 Å². The maximum absolute atomic E-state index is 5.65. The van der Waals surface area contributed by atoms with Gasteiger partial charge in [0.25, 0.3) is 0 Å². The molecule has 0 aromatic heterocycles. The molecular formula is C14H23NO. The standard InChI is InChI=1S/C14H23NO/c1-4-15(5-2)10-11-16-12-14-8-6-13(3)7-9-14/h6-9H,4-5,10-12H2,1-3H3. The molecule has 1 aromatic rings. The molecule has 0 N–H and O–H groups in total. The summed E-state index contributed by atoms with van der Waals surface area (Å²) < 4.78 is 5.65. The van der Waals surface area contributed by atoms with Gasteiger partial charge in [0.2, 0.25) is 0 Å². The van der Waals surface area contributed by atoms with Gasteiger partial charge in [0.05, 0.1) is 13.2 Å². The lowest BCUT2D eigenvalue weighted by Crippen LogP contribution is -2.26. The summed E-state index contributed by atoms with van der Waals surface area (Å²) in [5.74, 6) is 0. The first kappa shape index (κ1) is 13.2. The molecular weight excluding hydrogens is 198 g/mol. The maximum Gasteiger partial charge on any atom is 0.0717 e. The molecule has 0 fully saturated rings. The Morgan fingerprint density at radius 3 is 2.25 bits per heavy atom. The highest BCUT2D eigenvalue weighted by atomic mass is 16.5. The Kier molecular flexibility index (Phi) is 6.12. The van der Waals surface area contributed by atoms with Gasteiger partial charge >= 0.3 is 0 Å². The van der Waals surface area contributed by atoms with Crippen LogP contribution in [0.15, 0.2) is 24.3 Å². The Morgan fingerprint density at radius 2 is 1.69 bits per heavy atom. The van der Waals surface area contributed by atoms with Gasteiger partial charge in [-0.2, -0.15) is 0 Å². The predicted octanol–water partition coefficient (Wildman–Crippen LogP) is 2.85. The van der Waals surface area contributed by atoms with E-state index in [4.69, 9.17) is 4.74 Å². The van der Waals surface area contributed by atoms with Crippen molar-refractivity contribution < 1.29 is 4.74 Å². The Balaban J connectivity index is 2.18. The highest BCUT2D eigenvalue weighted by molar-refractivity contribution is 5.20. The van der Waals surface area contributed by atoms with Crippen LogP contribution < -0.4 is 0 Å². The fourth-order valence-corrected chi connectivity index (χ4v) is 1.61. The first-order valence-electron chi connectivity index (χ1n) is 6.12. The fourth-order valence-electron chi connectivity index (χ4n) is 1.61.